The molecule has 43 heavy (non-hydrogen) atoms. The lowest BCUT2D eigenvalue weighted by molar-refractivity contribution is -0.132. The summed E-state index contributed by atoms with van der Waals surface area (Å²) in [5.74, 6) is -0.442. The van der Waals surface area contributed by atoms with E-state index >= 15 is 0 Å². The molecule has 1 aliphatic heterocycles. The SMILES string of the molecule is CCCCOc1ccc(C2/C(=C(/O)c3ccc(OCC)cc3)C(=O)C(=O)N2c2nnc(SCc3ccc(F)cc3)s2)cc1. The van der Waals surface area contributed by atoms with Gasteiger partial charge in [-0.3, -0.25) is 14.5 Å². The van der Waals surface area contributed by atoms with E-state index in [1.54, 1.807) is 60.7 Å². The number of halogens is 1. The fourth-order valence-corrected chi connectivity index (χ4v) is 6.36. The average Bonchev–Trinajstić information content (AvgIpc) is 3.59. The molecule has 1 atom stereocenters. The molecule has 1 aromatic heterocycles. The molecule has 1 saturated heterocycles. The second kappa shape index (κ2) is 13.8. The lowest BCUT2D eigenvalue weighted by Crippen LogP contribution is -2.29. The van der Waals surface area contributed by atoms with Gasteiger partial charge in [0.1, 0.15) is 23.1 Å². The molecular weight excluding hydrogens is 590 g/mol. The van der Waals surface area contributed by atoms with E-state index in [4.69, 9.17) is 9.47 Å². The second-order valence-corrected chi connectivity index (χ2v) is 11.8. The molecule has 0 radical (unpaired) electrons. The van der Waals surface area contributed by atoms with Gasteiger partial charge >= 0.3 is 5.91 Å². The number of amides is 1. The van der Waals surface area contributed by atoms with Crippen LogP contribution in [0.3, 0.4) is 0 Å². The Morgan fingerprint density at radius 1 is 0.953 bits per heavy atom. The predicted octanol–water partition coefficient (Wildman–Crippen LogP) is 7.17. The van der Waals surface area contributed by atoms with Crippen molar-refractivity contribution in [2.24, 2.45) is 0 Å². The van der Waals surface area contributed by atoms with Crippen LogP contribution in [0.15, 0.2) is 82.7 Å². The third-order valence-electron chi connectivity index (χ3n) is 6.72. The Balaban J connectivity index is 1.49. The number of ether oxygens (including phenoxy) is 2. The summed E-state index contributed by atoms with van der Waals surface area (Å²) in [7, 11) is 0. The van der Waals surface area contributed by atoms with Gasteiger partial charge in [0.15, 0.2) is 4.34 Å². The van der Waals surface area contributed by atoms with Crippen molar-refractivity contribution >= 4 is 45.7 Å². The molecule has 2 heterocycles. The molecule has 1 unspecified atom stereocenters. The van der Waals surface area contributed by atoms with E-state index in [-0.39, 0.29) is 22.3 Å². The zero-order chi connectivity index (χ0) is 30.3. The number of thioether (sulfide) groups is 1. The Morgan fingerprint density at radius 3 is 2.30 bits per heavy atom. The lowest BCUT2D eigenvalue weighted by Gasteiger charge is -2.22. The number of hydrogen-bond acceptors (Lipinski definition) is 9. The standard InChI is InChI=1S/C32H30FN3O5S2/c1-3-5-18-41-25-14-8-21(9-15-25)27-26(28(37)22-10-16-24(17-11-22)40-4-2)29(38)30(39)36(27)31-34-35-32(43-31)42-19-20-6-12-23(33)13-7-20/h6-17,27,37H,3-5,18-19H2,1-2H3/b28-26-. The molecule has 11 heteroatoms. The van der Waals surface area contributed by atoms with Crippen LogP contribution in [0.4, 0.5) is 9.52 Å². The first-order chi connectivity index (χ1) is 20.9. The van der Waals surface area contributed by atoms with E-state index in [1.807, 2.05) is 6.92 Å². The Kier molecular flexibility index (Phi) is 9.73. The first kappa shape index (κ1) is 30.2. The van der Waals surface area contributed by atoms with Crippen LogP contribution < -0.4 is 14.4 Å². The number of hydrogen-bond donors (Lipinski definition) is 1. The summed E-state index contributed by atoms with van der Waals surface area (Å²) in [6.07, 6.45) is 1.92. The highest BCUT2D eigenvalue weighted by atomic mass is 32.2. The van der Waals surface area contributed by atoms with Crippen molar-refractivity contribution in [2.75, 3.05) is 18.1 Å². The summed E-state index contributed by atoms with van der Waals surface area (Å²) in [5, 5.41) is 20.1. The van der Waals surface area contributed by atoms with E-state index in [9.17, 15) is 19.1 Å². The van der Waals surface area contributed by atoms with Crippen LogP contribution in [0, 0.1) is 5.82 Å². The molecular formula is C32H30FN3O5S2. The molecule has 3 aromatic carbocycles. The van der Waals surface area contributed by atoms with E-state index in [0.717, 1.165) is 29.7 Å². The van der Waals surface area contributed by atoms with Crippen molar-refractivity contribution in [3.8, 4) is 11.5 Å². The maximum absolute atomic E-state index is 13.5. The number of anilines is 1. The second-order valence-electron chi connectivity index (χ2n) is 9.66. The smallest absolute Gasteiger partial charge is 0.301 e. The molecule has 4 aromatic rings. The zero-order valence-electron chi connectivity index (χ0n) is 23.7. The molecule has 0 spiro atoms. The topological polar surface area (TPSA) is 102 Å². The third-order valence-corrected chi connectivity index (χ3v) is 8.85. The van der Waals surface area contributed by atoms with Gasteiger partial charge < -0.3 is 14.6 Å². The maximum atomic E-state index is 13.5. The molecule has 1 amide bonds. The number of ketones is 1. The Morgan fingerprint density at radius 2 is 1.63 bits per heavy atom. The van der Waals surface area contributed by atoms with Crippen LogP contribution in [-0.2, 0) is 15.3 Å². The first-order valence-corrected chi connectivity index (χ1v) is 15.7. The highest BCUT2D eigenvalue weighted by Crippen LogP contribution is 2.44. The van der Waals surface area contributed by atoms with Crippen molar-refractivity contribution in [2.45, 2.75) is 42.8 Å². The van der Waals surface area contributed by atoms with Crippen molar-refractivity contribution in [3.05, 3.63) is 101 Å². The van der Waals surface area contributed by atoms with Gasteiger partial charge in [-0.05, 0) is 73.0 Å². The first-order valence-electron chi connectivity index (χ1n) is 13.9. The fourth-order valence-electron chi connectivity index (χ4n) is 4.54. The number of unbranched alkanes of at least 4 members (excludes halogenated alkanes) is 1. The van der Waals surface area contributed by atoms with Crippen molar-refractivity contribution in [1.29, 1.82) is 0 Å². The van der Waals surface area contributed by atoms with Crippen LogP contribution in [0.1, 0.15) is 49.4 Å². The van der Waals surface area contributed by atoms with Crippen LogP contribution in [0.5, 0.6) is 11.5 Å². The highest BCUT2D eigenvalue weighted by Gasteiger charge is 2.48. The number of carbonyl (C=O) groups excluding carboxylic acids is 2. The van der Waals surface area contributed by atoms with Crippen LogP contribution >= 0.6 is 23.1 Å². The summed E-state index contributed by atoms with van der Waals surface area (Å²) in [4.78, 5) is 28.3. The molecule has 1 aliphatic rings. The van der Waals surface area contributed by atoms with Crippen LogP contribution in [0.25, 0.3) is 5.76 Å². The van der Waals surface area contributed by atoms with Crippen LogP contribution in [0.2, 0.25) is 0 Å². The number of benzene rings is 3. The highest BCUT2D eigenvalue weighted by molar-refractivity contribution is 8.00. The van der Waals surface area contributed by atoms with Gasteiger partial charge in [0, 0.05) is 11.3 Å². The number of aliphatic hydroxyl groups is 1. The normalized spacial score (nSPS) is 16.1. The number of Topliss-reactive ketones (excluding diaryl/α,β-unsaturated/α-hetero) is 1. The summed E-state index contributed by atoms with van der Waals surface area (Å²) >= 11 is 2.55. The van der Waals surface area contributed by atoms with E-state index in [1.165, 1.54) is 28.8 Å². The van der Waals surface area contributed by atoms with E-state index in [0.29, 0.717) is 45.9 Å². The van der Waals surface area contributed by atoms with Gasteiger partial charge in [0.2, 0.25) is 5.13 Å². The monoisotopic (exact) mass is 619 g/mol. The summed E-state index contributed by atoms with van der Waals surface area (Å²) in [6.45, 7) is 5.02. The summed E-state index contributed by atoms with van der Waals surface area (Å²) < 4.78 is 25.2. The summed E-state index contributed by atoms with van der Waals surface area (Å²) in [6, 6.07) is 19.0. The number of aliphatic hydroxyl groups excluding tert-OH is 1. The number of carbonyl (C=O) groups is 2. The average molecular weight is 620 g/mol. The number of nitrogens with zero attached hydrogens (tertiary/aromatic N) is 3. The van der Waals surface area contributed by atoms with Crippen molar-refractivity contribution < 1.29 is 28.6 Å². The number of rotatable bonds is 12. The molecule has 0 saturated carbocycles. The van der Waals surface area contributed by atoms with E-state index in [2.05, 4.69) is 17.1 Å². The minimum Gasteiger partial charge on any atom is -0.507 e. The van der Waals surface area contributed by atoms with Crippen molar-refractivity contribution in [3.63, 3.8) is 0 Å². The number of aromatic nitrogens is 2. The van der Waals surface area contributed by atoms with Gasteiger partial charge in [-0.15, -0.1) is 10.2 Å². The minimum absolute atomic E-state index is 0.0514. The third kappa shape index (κ3) is 6.89. The van der Waals surface area contributed by atoms with Gasteiger partial charge in [-0.2, -0.15) is 0 Å². The van der Waals surface area contributed by atoms with Gasteiger partial charge in [0.05, 0.1) is 24.8 Å². The molecule has 1 N–H and O–H groups in total. The van der Waals surface area contributed by atoms with Crippen molar-refractivity contribution in [1.82, 2.24) is 10.2 Å². The quantitative estimate of drug-likeness (QED) is 0.0445. The minimum atomic E-state index is -0.945. The van der Waals surface area contributed by atoms with E-state index < -0.39 is 17.7 Å². The Bertz CT molecular complexity index is 1610. The summed E-state index contributed by atoms with van der Waals surface area (Å²) in [5.41, 5.74) is 1.83. The Hall–Kier alpha value is -4.22. The zero-order valence-corrected chi connectivity index (χ0v) is 25.3. The molecule has 0 aliphatic carbocycles. The Labute approximate surface area is 257 Å². The fraction of sp³-hybridized carbons (Fsp3) is 0.250. The maximum Gasteiger partial charge on any atom is 0.301 e. The molecule has 0 bridgehead atoms. The molecule has 8 nitrogen and oxygen atoms in total. The van der Waals surface area contributed by atoms with Crippen LogP contribution in [-0.4, -0.2) is 40.2 Å². The predicted molar refractivity (Wildman–Crippen MR) is 165 cm³/mol. The van der Waals surface area contributed by atoms with Gasteiger partial charge in [-0.25, -0.2) is 4.39 Å². The largest absolute Gasteiger partial charge is 0.507 e. The van der Waals surface area contributed by atoms with Gasteiger partial charge in [0.25, 0.3) is 5.78 Å². The molecule has 222 valence electrons. The molecule has 5 rings (SSSR count). The molecule has 1 fully saturated rings. The lowest BCUT2D eigenvalue weighted by atomic mass is 9.95. The van der Waals surface area contributed by atoms with Gasteiger partial charge in [-0.1, -0.05) is 60.7 Å².